The molecule has 0 unspecified atom stereocenters. The summed E-state index contributed by atoms with van der Waals surface area (Å²) in [6.45, 7) is 1.71. The van der Waals surface area contributed by atoms with Crippen LogP contribution in [0, 0.1) is 16.3 Å². The average Bonchev–Trinajstić information content (AvgIpc) is 2.50. The van der Waals surface area contributed by atoms with Gasteiger partial charge in [-0.2, -0.15) is 13.2 Å². The summed E-state index contributed by atoms with van der Waals surface area (Å²) in [5, 5.41) is 9.18. The van der Waals surface area contributed by atoms with Gasteiger partial charge in [-0.3, -0.25) is 10.7 Å². The molecular formula is C15H11F4IN2O. The molecule has 0 saturated heterocycles. The number of benzene rings is 2. The molecule has 0 saturated carbocycles. The fraction of sp³-hybridized carbons (Fsp3) is 0.133. The van der Waals surface area contributed by atoms with E-state index in [2.05, 4.69) is 4.99 Å². The normalized spacial score (nSPS) is 12.4. The molecule has 0 spiro atoms. The lowest BCUT2D eigenvalue weighted by molar-refractivity contribution is -0.137. The molecule has 2 aromatic carbocycles. The molecule has 0 fully saturated rings. The highest BCUT2D eigenvalue weighted by atomic mass is 127. The third-order valence-corrected chi connectivity index (χ3v) is 4.38. The van der Waals surface area contributed by atoms with Gasteiger partial charge in [0.2, 0.25) is 0 Å². The van der Waals surface area contributed by atoms with E-state index in [0.717, 1.165) is 12.1 Å². The van der Waals surface area contributed by atoms with Gasteiger partial charge < -0.3 is 0 Å². The molecule has 122 valence electrons. The lowest BCUT2D eigenvalue weighted by atomic mass is 10.1. The molecule has 2 aromatic rings. The monoisotopic (exact) mass is 438 g/mol. The van der Waals surface area contributed by atoms with Crippen molar-refractivity contribution in [2.75, 3.05) is 0 Å². The third-order valence-electron chi connectivity index (χ3n) is 3.05. The number of alkyl halides is 3. The lowest BCUT2D eigenvalue weighted by Gasteiger charge is -2.10. The molecule has 0 atom stereocenters. The summed E-state index contributed by atoms with van der Waals surface area (Å²) in [6.07, 6.45) is -4.51. The first-order valence-corrected chi connectivity index (χ1v) is 7.43. The number of nitrogens with one attached hydrogen (secondary N) is 1. The van der Waals surface area contributed by atoms with Crippen molar-refractivity contribution in [2.45, 2.75) is 13.1 Å². The van der Waals surface area contributed by atoms with Crippen molar-refractivity contribution < 1.29 is 22.8 Å². The Kier molecular flexibility index (Phi) is 5.25. The van der Waals surface area contributed by atoms with Gasteiger partial charge in [0.25, 0.3) is 0 Å². The van der Waals surface area contributed by atoms with E-state index in [1.807, 2.05) is 0 Å². The van der Waals surface area contributed by atoms with Crippen LogP contribution in [0.5, 0.6) is 0 Å². The summed E-state index contributed by atoms with van der Waals surface area (Å²) >= 11 is 1.80. The van der Waals surface area contributed by atoms with E-state index in [9.17, 15) is 22.8 Å². The zero-order chi connectivity index (χ0) is 17.2. The van der Waals surface area contributed by atoms with E-state index in [0.29, 0.717) is 9.13 Å². The summed E-state index contributed by atoms with van der Waals surface area (Å²) in [7, 11) is 0. The number of hydroxylamine groups is 1. The minimum Gasteiger partial charge on any atom is -0.290 e. The molecule has 0 amide bonds. The van der Waals surface area contributed by atoms with Crippen LogP contribution in [0.15, 0.2) is 41.4 Å². The Morgan fingerprint density at radius 2 is 1.91 bits per heavy atom. The molecule has 0 aliphatic carbocycles. The number of aliphatic imine (C=N–C) groups is 1. The Morgan fingerprint density at radius 3 is 2.52 bits per heavy atom. The van der Waals surface area contributed by atoms with Crippen molar-refractivity contribution in [3.05, 3.63) is 62.5 Å². The summed E-state index contributed by atoms with van der Waals surface area (Å²) in [4.78, 5) is 3.87. The molecule has 0 radical (unpaired) electrons. The average molecular weight is 438 g/mol. The predicted molar refractivity (Wildman–Crippen MR) is 86.4 cm³/mol. The molecule has 0 bridgehead atoms. The minimum absolute atomic E-state index is 0.0417. The van der Waals surface area contributed by atoms with Crippen molar-refractivity contribution in [1.29, 1.82) is 0 Å². The lowest BCUT2D eigenvalue weighted by Crippen LogP contribution is -2.22. The van der Waals surface area contributed by atoms with Crippen molar-refractivity contribution in [2.24, 2.45) is 4.99 Å². The van der Waals surface area contributed by atoms with Crippen molar-refractivity contribution in [3.63, 3.8) is 0 Å². The van der Waals surface area contributed by atoms with E-state index >= 15 is 0 Å². The Labute approximate surface area is 143 Å². The molecule has 3 nitrogen and oxygen atoms in total. The SMILES string of the molecule is Cc1ccc(C(=Nc2cccc(C(F)(F)F)c2)NO)c(F)c1I. The number of nitrogens with zero attached hydrogens (tertiary/aromatic N) is 1. The molecule has 0 heterocycles. The topological polar surface area (TPSA) is 44.6 Å². The standard InChI is InChI=1S/C15H11F4IN2O/c1-8-5-6-11(12(16)13(8)20)14(22-23)21-10-4-2-3-9(7-10)15(17,18)19/h2-7,23H,1H3,(H,21,22). The number of halogens is 5. The van der Waals surface area contributed by atoms with Gasteiger partial charge in [-0.25, -0.2) is 9.38 Å². The number of hydrogen-bond donors (Lipinski definition) is 2. The maximum Gasteiger partial charge on any atom is 0.416 e. The zero-order valence-corrected chi connectivity index (χ0v) is 13.9. The third kappa shape index (κ3) is 3.99. The van der Waals surface area contributed by atoms with Gasteiger partial charge in [-0.1, -0.05) is 12.1 Å². The summed E-state index contributed by atoms with van der Waals surface area (Å²) < 4.78 is 52.7. The number of hydrogen-bond acceptors (Lipinski definition) is 2. The smallest absolute Gasteiger partial charge is 0.290 e. The Bertz CT molecular complexity index is 760. The van der Waals surface area contributed by atoms with Crippen LogP contribution in [0.3, 0.4) is 0 Å². The Morgan fingerprint density at radius 1 is 1.22 bits per heavy atom. The van der Waals surface area contributed by atoms with Crippen molar-refractivity contribution in [3.8, 4) is 0 Å². The quantitative estimate of drug-likeness (QED) is 0.232. The van der Waals surface area contributed by atoms with Crippen LogP contribution < -0.4 is 5.48 Å². The second-order valence-corrected chi connectivity index (χ2v) is 5.76. The molecule has 2 rings (SSSR count). The van der Waals surface area contributed by atoms with E-state index in [-0.39, 0.29) is 17.1 Å². The van der Waals surface area contributed by atoms with Gasteiger partial charge in [0.05, 0.1) is 20.4 Å². The number of rotatable bonds is 2. The zero-order valence-electron chi connectivity index (χ0n) is 11.7. The van der Waals surface area contributed by atoms with Crippen LogP contribution in [0.25, 0.3) is 0 Å². The Hall–Kier alpha value is -1.68. The first kappa shape index (κ1) is 17.7. The highest BCUT2D eigenvalue weighted by Gasteiger charge is 2.30. The number of amidine groups is 1. The van der Waals surface area contributed by atoms with Gasteiger partial charge >= 0.3 is 6.18 Å². The summed E-state index contributed by atoms with van der Waals surface area (Å²) in [5.41, 5.74) is 1.45. The van der Waals surface area contributed by atoms with Gasteiger partial charge in [-0.05, 0) is 59.3 Å². The first-order chi connectivity index (χ1) is 10.7. The summed E-state index contributed by atoms with van der Waals surface area (Å²) in [5.74, 6) is -0.891. The highest BCUT2D eigenvalue weighted by Crippen LogP contribution is 2.31. The largest absolute Gasteiger partial charge is 0.416 e. The molecule has 8 heteroatoms. The van der Waals surface area contributed by atoms with Gasteiger partial charge in [0, 0.05) is 0 Å². The summed E-state index contributed by atoms with van der Waals surface area (Å²) in [6, 6.07) is 7.24. The fourth-order valence-electron chi connectivity index (χ4n) is 1.86. The van der Waals surface area contributed by atoms with E-state index < -0.39 is 17.6 Å². The van der Waals surface area contributed by atoms with Crippen LogP contribution in [-0.4, -0.2) is 11.0 Å². The van der Waals surface area contributed by atoms with Crippen LogP contribution in [-0.2, 0) is 6.18 Å². The van der Waals surface area contributed by atoms with E-state index in [4.69, 9.17) is 0 Å². The first-order valence-electron chi connectivity index (χ1n) is 6.35. The van der Waals surface area contributed by atoms with E-state index in [1.54, 1.807) is 41.1 Å². The minimum atomic E-state index is -4.51. The molecular weight excluding hydrogens is 427 g/mol. The highest BCUT2D eigenvalue weighted by molar-refractivity contribution is 14.1. The van der Waals surface area contributed by atoms with Gasteiger partial charge in [-0.15, -0.1) is 0 Å². The predicted octanol–water partition coefficient (Wildman–Crippen LogP) is 4.81. The molecule has 0 aliphatic rings. The van der Waals surface area contributed by atoms with Crippen LogP contribution in [0.2, 0.25) is 0 Å². The molecule has 0 aliphatic heterocycles. The molecule has 0 aromatic heterocycles. The number of aryl methyl sites for hydroxylation is 1. The maximum absolute atomic E-state index is 14.3. The van der Waals surface area contributed by atoms with Crippen LogP contribution in [0.4, 0.5) is 23.2 Å². The Balaban J connectivity index is 2.50. The molecule has 23 heavy (non-hydrogen) atoms. The molecule has 2 N–H and O–H groups in total. The van der Waals surface area contributed by atoms with Crippen molar-refractivity contribution in [1.82, 2.24) is 5.48 Å². The fourth-order valence-corrected chi connectivity index (χ4v) is 2.33. The van der Waals surface area contributed by atoms with Crippen LogP contribution >= 0.6 is 22.6 Å². The van der Waals surface area contributed by atoms with E-state index in [1.165, 1.54) is 18.2 Å². The van der Waals surface area contributed by atoms with Crippen molar-refractivity contribution >= 4 is 34.1 Å². The van der Waals surface area contributed by atoms with Crippen LogP contribution in [0.1, 0.15) is 16.7 Å². The second kappa shape index (κ2) is 6.83. The van der Waals surface area contributed by atoms with Gasteiger partial charge in [0.15, 0.2) is 5.84 Å². The van der Waals surface area contributed by atoms with Gasteiger partial charge in [0.1, 0.15) is 5.82 Å². The second-order valence-electron chi connectivity index (χ2n) is 4.68. The maximum atomic E-state index is 14.3.